The molecule has 3 rings (SSSR count). The van der Waals surface area contributed by atoms with Crippen LogP contribution in [0.2, 0.25) is 0 Å². The molecule has 1 aliphatic carbocycles. The Hall–Kier alpha value is -0.380. The number of ether oxygens (including phenoxy) is 2. The Labute approximate surface area is 116 Å². The number of allylic oxidation sites excluding steroid dienone is 2. The highest BCUT2D eigenvalue weighted by Gasteiger charge is 2.38. The van der Waals surface area contributed by atoms with Crippen molar-refractivity contribution >= 4 is 0 Å². The third-order valence-electron chi connectivity index (χ3n) is 4.97. The van der Waals surface area contributed by atoms with E-state index in [1.807, 2.05) is 0 Å². The summed E-state index contributed by atoms with van der Waals surface area (Å²) in [6.45, 7) is 3.85. The van der Waals surface area contributed by atoms with Crippen LogP contribution in [0.3, 0.4) is 0 Å². The van der Waals surface area contributed by atoms with Gasteiger partial charge >= 0.3 is 0 Å². The molecular formula is C16H27NO2. The summed E-state index contributed by atoms with van der Waals surface area (Å²) in [6.07, 6.45) is 13.1. The Kier molecular flexibility index (Phi) is 4.57. The Morgan fingerprint density at radius 2 is 2.00 bits per heavy atom. The highest BCUT2D eigenvalue weighted by Crippen LogP contribution is 2.34. The average molecular weight is 265 g/mol. The predicted molar refractivity (Wildman–Crippen MR) is 76.2 cm³/mol. The van der Waals surface area contributed by atoms with Gasteiger partial charge in [0.1, 0.15) is 0 Å². The normalized spacial score (nSPS) is 34.5. The third-order valence-corrected chi connectivity index (χ3v) is 4.97. The monoisotopic (exact) mass is 265 g/mol. The molecule has 0 aromatic heterocycles. The van der Waals surface area contributed by atoms with Gasteiger partial charge < -0.3 is 14.8 Å². The van der Waals surface area contributed by atoms with Crippen LogP contribution in [0.5, 0.6) is 0 Å². The Bertz CT molecular complexity index is 304. The van der Waals surface area contributed by atoms with Crippen LogP contribution in [-0.2, 0) is 9.47 Å². The first-order valence-corrected chi connectivity index (χ1v) is 7.96. The number of nitrogens with one attached hydrogen (secondary N) is 1. The van der Waals surface area contributed by atoms with Gasteiger partial charge in [-0.25, -0.2) is 0 Å². The number of hydrogen-bond acceptors (Lipinski definition) is 3. The standard InChI is InChI=1S/C16H27NO2/c1-2-4-14(5-3-1)13-17-15-6-9-19-16(12-15)7-10-18-11-8-16/h1-2,14-15,17H,3-13H2. The van der Waals surface area contributed by atoms with E-state index < -0.39 is 0 Å². The first-order valence-electron chi connectivity index (χ1n) is 7.96. The summed E-state index contributed by atoms with van der Waals surface area (Å²) in [5.74, 6) is 0.846. The summed E-state index contributed by atoms with van der Waals surface area (Å²) in [5, 5.41) is 3.81. The van der Waals surface area contributed by atoms with Crippen molar-refractivity contribution in [2.75, 3.05) is 26.4 Å². The highest BCUT2D eigenvalue weighted by molar-refractivity contribution is 4.94. The molecule has 3 nitrogen and oxygen atoms in total. The molecule has 1 spiro atoms. The zero-order valence-corrected chi connectivity index (χ0v) is 11.9. The summed E-state index contributed by atoms with van der Waals surface area (Å²) >= 11 is 0. The first-order chi connectivity index (χ1) is 9.36. The van der Waals surface area contributed by atoms with Gasteiger partial charge in [0.25, 0.3) is 0 Å². The van der Waals surface area contributed by atoms with Gasteiger partial charge in [0, 0.05) is 25.9 Å². The van der Waals surface area contributed by atoms with Crippen LogP contribution in [0, 0.1) is 5.92 Å². The van der Waals surface area contributed by atoms with Crippen LogP contribution in [-0.4, -0.2) is 38.0 Å². The van der Waals surface area contributed by atoms with Crippen molar-refractivity contribution in [1.82, 2.24) is 5.32 Å². The second-order valence-corrected chi connectivity index (χ2v) is 6.39. The van der Waals surface area contributed by atoms with E-state index in [9.17, 15) is 0 Å². The average Bonchev–Trinajstić information content (AvgIpc) is 2.47. The number of hydrogen-bond donors (Lipinski definition) is 1. The van der Waals surface area contributed by atoms with Gasteiger partial charge in [-0.1, -0.05) is 12.2 Å². The molecule has 19 heavy (non-hydrogen) atoms. The summed E-state index contributed by atoms with van der Waals surface area (Å²) in [4.78, 5) is 0. The third kappa shape index (κ3) is 3.59. The maximum absolute atomic E-state index is 6.10. The fourth-order valence-electron chi connectivity index (χ4n) is 3.67. The van der Waals surface area contributed by atoms with Gasteiger partial charge in [0.15, 0.2) is 0 Å². The van der Waals surface area contributed by atoms with Crippen molar-refractivity contribution in [2.45, 2.75) is 56.6 Å². The topological polar surface area (TPSA) is 30.5 Å². The molecule has 2 aliphatic heterocycles. The molecule has 3 aliphatic rings. The maximum atomic E-state index is 6.10. The van der Waals surface area contributed by atoms with Gasteiger partial charge in [-0.15, -0.1) is 0 Å². The fourth-order valence-corrected chi connectivity index (χ4v) is 3.67. The molecule has 1 N–H and O–H groups in total. The van der Waals surface area contributed by atoms with Crippen molar-refractivity contribution in [3.8, 4) is 0 Å². The van der Waals surface area contributed by atoms with Crippen LogP contribution < -0.4 is 5.32 Å². The van der Waals surface area contributed by atoms with E-state index in [1.54, 1.807) is 0 Å². The molecule has 0 amide bonds. The first kappa shape index (κ1) is 13.6. The summed E-state index contributed by atoms with van der Waals surface area (Å²) in [5.41, 5.74) is 0.126. The maximum Gasteiger partial charge on any atom is 0.0741 e. The summed E-state index contributed by atoms with van der Waals surface area (Å²) in [7, 11) is 0. The second kappa shape index (κ2) is 6.38. The van der Waals surface area contributed by atoms with E-state index in [-0.39, 0.29) is 5.60 Å². The zero-order valence-electron chi connectivity index (χ0n) is 11.9. The molecule has 3 heteroatoms. The predicted octanol–water partition coefficient (Wildman–Crippen LogP) is 2.66. The van der Waals surface area contributed by atoms with Crippen LogP contribution in [0.1, 0.15) is 44.9 Å². The minimum absolute atomic E-state index is 0.126. The van der Waals surface area contributed by atoms with Crippen LogP contribution >= 0.6 is 0 Å². The quantitative estimate of drug-likeness (QED) is 0.796. The molecular weight excluding hydrogens is 238 g/mol. The highest BCUT2D eigenvalue weighted by atomic mass is 16.5. The lowest BCUT2D eigenvalue weighted by molar-refractivity contribution is -0.140. The molecule has 108 valence electrons. The Morgan fingerprint density at radius 1 is 1.11 bits per heavy atom. The molecule has 0 saturated carbocycles. The van der Waals surface area contributed by atoms with Crippen molar-refractivity contribution in [3.05, 3.63) is 12.2 Å². The SMILES string of the molecule is C1=CCC(CNC2CCOC3(CCOCC3)C2)CC1. The van der Waals surface area contributed by atoms with E-state index in [1.165, 1.54) is 38.6 Å². The van der Waals surface area contributed by atoms with E-state index >= 15 is 0 Å². The molecule has 2 fully saturated rings. The van der Waals surface area contributed by atoms with Gasteiger partial charge in [-0.05, 0) is 57.4 Å². The minimum atomic E-state index is 0.126. The Morgan fingerprint density at radius 3 is 2.79 bits per heavy atom. The molecule has 2 atom stereocenters. The second-order valence-electron chi connectivity index (χ2n) is 6.39. The van der Waals surface area contributed by atoms with Crippen molar-refractivity contribution < 1.29 is 9.47 Å². The zero-order chi connectivity index (χ0) is 13.0. The molecule has 2 heterocycles. The van der Waals surface area contributed by atoms with Crippen molar-refractivity contribution in [1.29, 1.82) is 0 Å². The lowest BCUT2D eigenvalue weighted by Gasteiger charge is -2.43. The van der Waals surface area contributed by atoms with E-state index in [4.69, 9.17) is 9.47 Å². The largest absolute Gasteiger partial charge is 0.381 e. The molecule has 0 aromatic rings. The van der Waals surface area contributed by atoms with Crippen molar-refractivity contribution in [3.63, 3.8) is 0 Å². The smallest absolute Gasteiger partial charge is 0.0741 e. The number of rotatable bonds is 3. The minimum Gasteiger partial charge on any atom is -0.381 e. The van der Waals surface area contributed by atoms with Crippen LogP contribution in [0.25, 0.3) is 0 Å². The van der Waals surface area contributed by atoms with Crippen molar-refractivity contribution in [2.24, 2.45) is 5.92 Å². The van der Waals surface area contributed by atoms with Gasteiger partial charge in [0.2, 0.25) is 0 Å². The van der Waals surface area contributed by atoms with E-state index in [0.29, 0.717) is 6.04 Å². The van der Waals surface area contributed by atoms with Gasteiger partial charge in [-0.2, -0.15) is 0 Å². The van der Waals surface area contributed by atoms with E-state index in [0.717, 1.165) is 38.6 Å². The lowest BCUT2D eigenvalue weighted by atomic mass is 9.83. The summed E-state index contributed by atoms with van der Waals surface area (Å²) in [6, 6.07) is 0.651. The molecule has 0 bridgehead atoms. The van der Waals surface area contributed by atoms with E-state index in [2.05, 4.69) is 17.5 Å². The summed E-state index contributed by atoms with van der Waals surface area (Å²) < 4.78 is 11.6. The molecule has 2 saturated heterocycles. The van der Waals surface area contributed by atoms with Gasteiger partial charge in [0.05, 0.1) is 5.60 Å². The lowest BCUT2D eigenvalue weighted by Crippen LogP contribution is -2.50. The molecule has 0 radical (unpaired) electrons. The van der Waals surface area contributed by atoms with Crippen LogP contribution in [0.4, 0.5) is 0 Å². The fraction of sp³-hybridized carbons (Fsp3) is 0.875. The Balaban J connectivity index is 1.46. The molecule has 0 aromatic carbocycles. The van der Waals surface area contributed by atoms with Gasteiger partial charge in [-0.3, -0.25) is 0 Å². The van der Waals surface area contributed by atoms with Crippen LogP contribution in [0.15, 0.2) is 12.2 Å². The molecule has 2 unspecified atom stereocenters.